The molecule has 0 spiro atoms. The lowest BCUT2D eigenvalue weighted by molar-refractivity contribution is 0.103. The SMILES string of the molecule is COc1ccc(C(=O)c2ccc(Cl)cc2OC)c(Br)c1. The Balaban J connectivity index is 2.46. The molecule has 0 aliphatic heterocycles. The molecule has 0 bridgehead atoms. The van der Waals surface area contributed by atoms with Gasteiger partial charge >= 0.3 is 0 Å². The first-order valence-electron chi connectivity index (χ1n) is 5.78. The lowest BCUT2D eigenvalue weighted by atomic mass is 10.0. The predicted molar refractivity (Wildman–Crippen MR) is 82.1 cm³/mol. The van der Waals surface area contributed by atoms with Gasteiger partial charge in [-0.25, -0.2) is 0 Å². The zero-order valence-corrected chi connectivity index (χ0v) is 13.3. The molecule has 20 heavy (non-hydrogen) atoms. The Morgan fingerprint density at radius 2 is 1.75 bits per heavy atom. The number of hydrogen-bond acceptors (Lipinski definition) is 3. The maximum absolute atomic E-state index is 12.6. The van der Waals surface area contributed by atoms with E-state index in [0.29, 0.717) is 32.1 Å². The summed E-state index contributed by atoms with van der Waals surface area (Å²) in [5.41, 5.74) is 0.995. The van der Waals surface area contributed by atoms with Gasteiger partial charge in [0.1, 0.15) is 11.5 Å². The summed E-state index contributed by atoms with van der Waals surface area (Å²) in [5, 5.41) is 0.521. The summed E-state index contributed by atoms with van der Waals surface area (Å²) in [7, 11) is 3.08. The second-order valence-corrected chi connectivity index (χ2v) is 5.31. The summed E-state index contributed by atoms with van der Waals surface area (Å²) in [6, 6.07) is 10.1. The molecule has 0 aliphatic rings. The summed E-state index contributed by atoms with van der Waals surface area (Å²) >= 11 is 9.28. The molecule has 104 valence electrons. The van der Waals surface area contributed by atoms with Gasteiger partial charge in [0.05, 0.1) is 19.8 Å². The summed E-state index contributed by atoms with van der Waals surface area (Å²) in [6.07, 6.45) is 0. The Hall–Kier alpha value is -1.52. The lowest BCUT2D eigenvalue weighted by Crippen LogP contribution is -2.05. The third kappa shape index (κ3) is 2.97. The second kappa shape index (κ2) is 6.29. The topological polar surface area (TPSA) is 35.5 Å². The normalized spacial score (nSPS) is 10.2. The standard InChI is InChI=1S/C15H12BrClO3/c1-19-10-4-6-11(13(16)8-10)15(18)12-5-3-9(17)7-14(12)20-2/h3-8H,1-2H3. The number of ether oxygens (including phenoxy) is 2. The van der Waals surface area contributed by atoms with E-state index >= 15 is 0 Å². The highest BCUT2D eigenvalue weighted by molar-refractivity contribution is 9.10. The molecule has 0 N–H and O–H groups in total. The van der Waals surface area contributed by atoms with Gasteiger partial charge in [-0.2, -0.15) is 0 Å². The van der Waals surface area contributed by atoms with E-state index in [9.17, 15) is 4.79 Å². The van der Waals surface area contributed by atoms with Gasteiger partial charge in [-0.3, -0.25) is 4.79 Å². The molecule has 0 unspecified atom stereocenters. The summed E-state index contributed by atoms with van der Waals surface area (Å²) in [4.78, 5) is 12.6. The molecule has 2 aromatic rings. The lowest BCUT2D eigenvalue weighted by Gasteiger charge is -2.10. The monoisotopic (exact) mass is 354 g/mol. The largest absolute Gasteiger partial charge is 0.497 e. The average Bonchev–Trinajstić information content (AvgIpc) is 2.46. The summed E-state index contributed by atoms with van der Waals surface area (Å²) < 4.78 is 11.0. The zero-order chi connectivity index (χ0) is 14.7. The number of halogens is 2. The van der Waals surface area contributed by atoms with Crippen LogP contribution in [0.3, 0.4) is 0 Å². The van der Waals surface area contributed by atoms with E-state index in [1.807, 2.05) is 0 Å². The first-order chi connectivity index (χ1) is 9.56. The van der Waals surface area contributed by atoms with Crippen molar-refractivity contribution < 1.29 is 14.3 Å². The number of carbonyl (C=O) groups is 1. The average molecular weight is 356 g/mol. The minimum atomic E-state index is -0.145. The molecule has 0 heterocycles. The summed E-state index contributed by atoms with van der Waals surface area (Å²) in [5.74, 6) is 0.981. The van der Waals surface area contributed by atoms with Crippen molar-refractivity contribution >= 4 is 33.3 Å². The molecular formula is C15H12BrClO3. The van der Waals surface area contributed by atoms with Crippen molar-refractivity contribution in [2.45, 2.75) is 0 Å². The minimum absolute atomic E-state index is 0.145. The van der Waals surface area contributed by atoms with Crippen LogP contribution in [0, 0.1) is 0 Å². The number of carbonyl (C=O) groups excluding carboxylic acids is 1. The van der Waals surface area contributed by atoms with Crippen LogP contribution in [0.2, 0.25) is 5.02 Å². The highest BCUT2D eigenvalue weighted by Gasteiger charge is 2.17. The van der Waals surface area contributed by atoms with E-state index in [1.165, 1.54) is 7.11 Å². The highest BCUT2D eigenvalue weighted by Crippen LogP contribution is 2.29. The van der Waals surface area contributed by atoms with E-state index < -0.39 is 0 Å². The van der Waals surface area contributed by atoms with Crippen LogP contribution >= 0.6 is 27.5 Å². The Morgan fingerprint density at radius 1 is 1.05 bits per heavy atom. The van der Waals surface area contributed by atoms with Crippen molar-refractivity contribution in [2.24, 2.45) is 0 Å². The molecule has 2 aromatic carbocycles. The Labute approximate surface area is 130 Å². The Morgan fingerprint density at radius 3 is 2.35 bits per heavy atom. The molecule has 5 heteroatoms. The van der Waals surface area contributed by atoms with Crippen molar-refractivity contribution in [2.75, 3.05) is 14.2 Å². The van der Waals surface area contributed by atoms with Crippen molar-refractivity contribution in [3.8, 4) is 11.5 Å². The van der Waals surface area contributed by atoms with Gasteiger partial charge in [-0.05, 0) is 52.3 Å². The van der Waals surface area contributed by atoms with Crippen LogP contribution in [-0.4, -0.2) is 20.0 Å². The first kappa shape index (κ1) is 14.9. The number of hydrogen-bond donors (Lipinski definition) is 0. The van der Waals surface area contributed by atoms with E-state index in [2.05, 4.69) is 15.9 Å². The van der Waals surface area contributed by atoms with E-state index in [4.69, 9.17) is 21.1 Å². The maximum atomic E-state index is 12.6. The fourth-order valence-electron chi connectivity index (χ4n) is 1.80. The van der Waals surface area contributed by atoms with Crippen molar-refractivity contribution in [3.05, 3.63) is 57.0 Å². The molecular weight excluding hydrogens is 344 g/mol. The van der Waals surface area contributed by atoms with Gasteiger partial charge < -0.3 is 9.47 Å². The third-order valence-corrected chi connectivity index (χ3v) is 3.72. The van der Waals surface area contributed by atoms with Crippen LogP contribution in [0.15, 0.2) is 40.9 Å². The van der Waals surface area contributed by atoms with Crippen molar-refractivity contribution in [3.63, 3.8) is 0 Å². The zero-order valence-electron chi connectivity index (χ0n) is 10.9. The van der Waals surface area contributed by atoms with Crippen LogP contribution < -0.4 is 9.47 Å². The molecule has 0 amide bonds. The predicted octanol–water partition coefficient (Wildman–Crippen LogP) is 4.35. The fourth-order valence-corrected chi connectivity index (χ4v) is 2.50. The van der Waals surface area contributed by atoms with E-state index in [1.54, 1.807) is 43.5 Å². The molecule has 0 atom stereocenters. The van der Waals surface area contributed by atoms with Crippen LogP contribution in [0.4, 0.5) is 0 Å². The number of rotatable bonds is 4. The number of ketones is 1. The van der Waals surface area contributed by atoms with E-state index in [0.717, 1.165) is 0 Å². The quantitative estimate of drug-likeness (QED) is 0.765. The Bertz CT molecular complexity index is 656. The molecule has 0 aromatic heterocycles. The minimum Gasteiger partial charge on any atom is -0.497 e. The van der Waals surface area contributed by atoms with Crippen LogP contribution in [0.1, 0.15) is 15.9 Å². The van der Waals surface area contributed by atoms with E-state index in [-0.39, 0.29) is 5.78 Å². The van der Waals surface area contributed by atoms with Crippen molar-refractivity contribution in [1.82, 2.24) is 0 Å². The van der Waals surface area contributed by atoms with Crippen LogP contribution in [0.5, 0.6) is 11.5 Å². The van der Waals surface area contributed by atoms with Crippen molar-refractivity contribution in [1.29, 1.82) is 0 Å². The van der Waals surface area contributed by atoms with Gasteiger partial charge in [0.2, 0.25) is 0 Å². The summed E-state index contributed by atoms with van der Waals surface area (Å²) in [6.45, 7) is 0. The number of benzene rings is 2. The van der Waals surface area contributed by atoms with Gasteiger partial charge in [0.25, 0.3) is 0 Å². The van der Waals surface area contributed by atoms with Crippen LogP contribution in [0.25, 0.3) is 0 Å². The van der Waals surface area contributed by atoms with Crippen LogP contribution in [-0.2, 0) is 0 Å². The molecule has 0 aliphatic carbocycles. The molecule has 0 saturated carbocycles. The first-order valence-corrected chi connectivity index (χ1v) is 6.95. The third-order valence-electron chi connectivity index (χ3n) is 2.83. The molecule has 3 nitrogen and oxygen atoms in total. The smallest absolute Gasteiger partial charge is 0.197 e. The maximum Gasteiger partial charge on any atom is 0.197 e. The van der Waals surface area contributed by atoms with Gasteiger partial charge in [-0.1, -0.05) is 11.6 Å². The van der Waals surface area contributed by atoms with Gasteiger partial charge in [-0.15, -0.1) is 0 Å². The highest BCUT2D eigenvalue weighted by atomic mass is 79.9. The second-order valence-electron chi connectivity index (χ2n) is 4.02. The van der Waals surface area contributed by atoms with Gasteiger partial charge in [0, 0.05) is 15.1 Å². The molecule has 0 fully saturated rings. The molecule has 0 radical (unpaired) electrons. The molecule has 2 rings (SSSR count). The van der Waals surface area contributed by atoms with Gasteiger partial charge in [0.15, 0.2) is 5.78 Å². The fraction of sp³-hybridized carbons (Fsp3) is 0.133. The Kier molecular flexibility index (Phi) is 4.68. The molecule has 0 saturated heterocycles. The number of methoxy groups -OCH3 is 2.